The Morgan fingerprint density at radius 2 is 1.65 bits per heavy atom. The van der Waals surface area contributed by atoms with Crippen molar-refractivity contribution in [1.82, 2.24) is 0 Å². The van der Waals surface area contributed by atoms with Gasteiger partial charge in [0.25, 0.3) is 0 Å². The molecular weight excluding hydrogens is 320 g/mol. The van der Waals surface area contributed by atoms with Crippen LogP contribution in [-0.4, -0.2) is 115 Å². The molecule has 9 atom stereocenters. The maximum atomic E-state index is 10.00. The van der Waals surface area contributed by atoms with Gasteiger partial charge in [0.05, 0.1) is 19.8 Å². The van der Waals surface area contributed by atoms with Gasteiger partial charge in [-0.3, -0.25) is 0 Å². The standard InChI is InChI=1S/C12H22O11/c13-1-5-6(16)7(17)8(18)11(22-5)23-9-4(15)2-21-12(20,3-14)10(9)19/h4-11,13-20H,1-3H2/t4-,5-,6+,7+,8-,9-,10+,11+,12?/m1/s1. The van der Waals surface area contributed by atoms with Crippen molar-refractivity contribution in [2.75, 3.05) is 19.8 Å². The first-order valence-electron chi connectivity index (χ1n) is 7.04. The minimum absolute atomic E-state index is 0.476. The van der Waals surface area contributed by atoms with Crippen LogP contribution in [0.4, 0.5) is 0 Å². The molecule has 23 heavy (non-hydrogen) atoms. The SMILES string of the molecule is OC[C@H]1O[C@@H](O[C@@H]2[C@H](O)COC(O)(CO)[C@H]2O)[C@H](O)[C@@H](O)[C@H]1O. The topological polar surface area (TPSA) is 190 Å². The molecule has 11 heteroatoms. The molecule has 0 aliphatic carbocycles. The first kappa shape index (κ1) is 18.9. The van der Waals surface area contributed by atoms with Crippen LogP contribution in [0.25, 0.3) is 0 Å². The number of hydrogen-bond acceptors (Lipinski definition) is 11. The van der Waals surface area contributed by atoms with Crippen LogP contribution >= 0.6 is 0 Å². The van der Waals surface area contributed by atoms with Crippen LogP contribution in [0.3, 0.4) is 0 Å². The van der Waals surface area contributed by atoms with Crippen LogP contribution in [0.15, 0.2) is 0 Å². The average Bonchev–Trinajstić information content (AvgIpc) is 2.55. The number of hydrogen-bond donors (Lipinski definition) is 8. The predicted molar refractivity (Wildman–Crippen MR) is 68.6 cm³/mol. The molecule has 0 amide bonds. The van der Waals surface area contributed by atoms with Crippen molar-refractivity contribution >= 4 is 0 Å². The quantitative estimate of drug-likeness (QED) is 0.243. The lowest BCUT2D eigenvalue weighted by molar-refractivity contribution is -0.373. The second-order valence-electron chi connectivity index (χ2n) is 5.62. The van der Waals surface area contributed by atoms with Crippen molar-refractivity contribution in [3.63, 3.8) is 0 Å². The molecule has 2 heterocycles. The van der Waals surface area contributed by atoms with E-state index in [4.69, 9.17) is 24.4 Å². The van der Waals surface area contributed by atoms with Gasteiger partial charge in [-0.2, -0.15) is 0 Å². The summed E-state index contributed by atoms with van der Waals surface area (Å²) in [6.45, 7) is -2.13. The van der Waals surface area contributed by atoms with Crippen molar-refractivity contribution in [1.29, 1.82) is 0 Å². The van der Waals surface area contributed by atoms with E-state index >= 15 is 0 Å². The number of aliphatic hydroxyl groups is 8. The van der Waals surface area contributed by atoms with E-state index in [1.54, 1.807) is 0 Å². The van der Waals surface area contributed by atoms with Crippen LogP contribution in [0, 0.1) is 0 Å². The molecule has 0 spiro atoms. The number of ether oxygens (including phenoxy) is 3. The maximum Gasteiger partial charge on any atom is 0.218 e. The van der Waals surface area contributed by atoms with Gasteiger partial charge in [-0.1, -0.05) is 0 Å². The predicted octanol–water partition coefficient (Wildman–Crippen LogP) is -5.40. The zero-order valence-electron chi connectivity index (χ0n) is 12.0. The molecule has 0 aromatic carbocycles. The first-order chi connectivity index (χ1) is 10.7. The van der Waals surface area contributed by atoms with Gasteiger partial charge in [0.2, 0.25) is 5.79 Å². The summed E-state index contributed by atoms with van der Waals surface area (Å²) in [7, 11) is 0. The zero-order chi connectivity index (χ0) is 17.4. The van der Waals surface area contributed by atoms with Crippen molar-refractivity contribution in [3.05, 3.63) is 0 Å². The minimum atomic E-state index is -2.38. The van der Waals surface area contributed by atoms with E-state index in [0.29, 0.717) is 0 Å². The summed E-state index contributed by atoms with van der Waals surface area (Å²) in [6, 6.07) is 0. The van der Waals surface area contributed by atoms with E-state index in [0.717, 1.165) is 0 Å². The third-order valence-corrected chi connectivity index (χ3v) is 4.02. The Hall–Kier alpha value is -0.440. The van der Waals surface area contributed by atoms with Crippen molar-refractivity contribution in [2.24, 2.45) is 0 Å². The smallest absolute Gasteiger partial charge is 0.218 e. The summed E-state index contributed by atoms with van der Waals surface area (Å²) in [5.41, 5.74) is 0. The fourth-order valence-corrected chi connectivity index (χ4v) is 2.52. The molecule has 2 aliphatic heterocycles. The second kappa shape index (κ2) is 7.21. The Morgan fingerprint density at radius 3 is 2.22 bits per heavy atom. The molecular formula is C12H22O11. The molecule has 0 bridgehead atoms. The van der Waals surface area contributed by atoms with E-state index in [1.165, 1.54) is 0 Å². The Labute approximate surface area is 130 Å². The lowest BCUT2D eigenvalue weighted by atomic mass is 9.96. The van der Waals surface area contributed by atoms with Gasteiger partial charge >= 0.3 is 0 Å². The molecule has 2 fully saturated rings. The van der Waals surface area contributed by atoms with Crippen molar-refractivity contribution in [3.8, 4) is 0 Å². The molecule has 11 nitrogen and oxygen atoms in total. The third kappa shape index (κ3) is 3.50. The third-order valence-electron chi connectivity index (χ3n) is 4.02. The number of aliphatic hydroxyl groups excluding tert-OH is 7. The Kier molecular flexibility index (Phi) is 5.92. The second-order valence-corrected chi connectivity index (χ2v) is 5.62. The van der Waals surface area contributed by atoms with Gasteiger partial charge in [0.15, 0.2) is 6.29 Å². The van der Waals surface area contributed by atoms with Crippen LogP contribution in [-0.2, 0) is 14.2 Å². The van der Waals surface area contributed by atoms with Crippen molar-refractivity contribution in [2.45, 2.75) is 54.8 Å². The average molecular weight is 342 g/mol. The summed E-state index contributed by atoms with van der Waals surface area (Å²) >= 11 is 0. The summed E-state index contributed by atoms with van der Waals surface area (Å²) in [5.74, 6) is -2.38. The van der Waals surface area contributed by atoms with Gasteiger partial charge in [-0.25, -0.2) is 0 Å². The molecule has 2 rings (SSSR count). The normalized spacial score (nSPS) is 51.7. The Morgan fingerprint density at radius 1 is 1.00 bits per heavy atom. The molecule has 0 aromatic rings. The Balaban J connectivity index is 2.12. The van der Waals surface area contributed by atoms with Gasteiger partial charge in [0, 0.05) is 0 Å². The highest BCUT2D eigenvalue weighted by Gasteiger charge is 2.52. The largest absolute Gasteiger partial charge is 0.394 e. The highest BCUT2D eigenvalue weighted by atomic mass is 16.7. The summed E-state index contributed by atoms with van der Waals surface area (Å²) < 4.78 is 15.1. The van der Waals surface area contributed by atoms with Crippen LogP contribution in [0.1, 0.15) is 0 Å². The van der Waals surface area contributed by atoms with E-state index in [-0.39, 0.29) is 0 Å². The van der Waals surface area contributed by atoms with Gasteiger partial charge in [0.1, 0.15) is 42.7 Å². The monoisotopic (exact) mass is 342 g/mol. The van der Waals surface area contributed by atoms with Gasteiger partial charge < -0.3 is 55.1 Å². The highest BCUT2D eigenvalue weighted by Crippen LogP contribution is 2.29. The molecule has 136 valence electrons. The van der Waals surface area contributed by atoms with E-state index < -0.39 is 74.6 Å². The molecule has 0 radical (unpaired) electrons. The Bertz CT molecular complexity index is 393. The van der Waals surface area contributed by atoms with Crippen LogP contribution < -0.4 is 0 Å². The highest BCUT2D eigenvalue weighted by molar-refractivity contribution is 4.95. The van der Waals surface area contributed by atoms with Crippen LogP contribution in [0.5, 0.6) is 0 Å². The molecule has 2 saturated heterocycles. The summed E-state index contributed by atoms with van der Waals surface area (Å²) in [5, 5.41) is 77.1. The van der Waals surface area contributed by atoms with E-state index in [2.05, 4.69) is 0 Å². The lowest BCUT2D eigenvalue weighted by Gasteiger charge is -2.46. The fraction of sp³-hybridized carbons (Fsp3) is 1.00. The molecule has 8 N–H and O–H groups in total. The number of rotatable bonds is 4. The minimum Gasteiger partial charge on any atom is -0.394 e. The lowest BCUT2D eigenvalue weighted by Crippen LogP contribution is -2.66. The zero-order valence-corrected chi connectivity index (χ0v) is 12.0. The molecule has 0 aromatic heterocycles. The first-order valence-corrected chi connectivity index (χ1v) is 7.04. The van der Waals surface area contributed by atoms with Crippen LogP contribution in [0.2, 0.25) is 0 Å². The molecule has 2 aliphatic rings. The molecule has 0 saturated carbocycles. The van der Waals surface area contributed by atoms with Crippen molar-refractivity contribution < 1.29 is 55.1 Å². The summed E-state index contributed by atoms with van der Waals surface area (Å²) in [6.07, 6.45) is -12.7. The van der Waals surface area contributed by atoms with Gasteiger partial charge in [-0.05, 0) is 0 Å². The maximum absolute atomic E-state index is 10.00. The van der Waals surface area contributed by atoms with E-state index in [9.17, 15) is 30.6 Å². The van der Waals surface area contributed by atoms with Gasteiger partial charge in [-0.15, -0.1) is 0 Å². The van der Waals surface area contributed by atoms with E-state index in [1.807, 2.05) is 0 Å². The molecule has 1 unspecified atom stereocenters. The fourth-order valence-electron chi connectivity index (χ4n) is 2.52. The summed E-state index contributed by atoms with van der Waals surface area (Å²) in [4.78, 5) is 0.